The number of piperazine rings is 1. The molecule has 1 aromatic heterocycles. The fourth-order valence-electron chi connectivity index (χ4n) is 3.87. The topological polar surface area (TPSA) is 67.7 Å². The number of para-hydroxylation sites is 1. The molecule has 2 aromatic carbocycles. The zero-order chi connectivity index (χ0) is 23.2. The van der Waals surface area contributed by atoms with Crippen LogP contribution in [0, 0.1) is 6.92 Å². The van der Waals surface area contributed by atoms with Crippen LogP contribution < -0.4 is 15.2 Å². The van der Waals surface area contributed by atoms with E-state index in [4.69, 9.17) is 16.3 Å². The molecular formula is C25H27ClN4O3. The number of hydrogen-bond acceptors (Lipinski definition) is 5. The Balaban J connectivity index is 1.28. The molecule has 0 bridgehead atoms. The summed E-state index contributed by atoms with van der Waals surface area (Å²) in [6.07, 6.45) is 2.73. The van der Waals surface area contributed by atoms with Gasteiger partial charge in [-0.1, -0.05) is 41.9 Å². The Hall–Kier alpha value is -3.32. The number of aryl methyl sites for hydroxylation is 1. The van der Waals surface area contributed by atoms with E-state index in [2.05, 4.69) is 5.10 Å². The molecule has 1 aliphatic heterocycles. The van der Waals surface area contributed by atoms with Crippen LogP contribution in [0.15, 0.2) is 65.6 Å². The number of ether oxygens (including phenoxy) is 1. The number of carbonyl (C=O) groups is 1. The van der Waals surface area contributed by atoms with Gasteiger partial charge >= 0.3 is 0 Å². The smallest absolute Gasteiger partial charge is 0.292 e. The average molecular weight is 467 g/mol. The highest BCUT2D eigenvalue weighted by atomic mass is 35.5. The fourth-order valence-corrected chi connectivity index (χ4v) is 4.12. The lowest BCUT2D eigenvalue weighted by Gasteiger charge is -2.36. The highest BCUT2D eigenvalue weighted by Gasteiger charge is 2.24. The Bertz CT molecular complexity index is 1160. The molecule has 172 valence electrons. The molecule has 0 aliphatic carbocycles. The maximum atomic E-state index is 12.7. The van der Waals surface area contributed by atoms with Crippen molar-refractivity contribution in [1.82, 2.24) is 14.7 Å². The molecular weight excluding hydrogens is 440 g/mol. The molecule has 7 nitrogen and oxygen atoms in total. The summed E-state index contributed by atoms with van der Waals surface area (Å²) >= 11 is 6.42. The van der Waals surface area contributed by atoms with Crippen LogP contribution in [0.1, 0.15) is 18.4 Å². The van der Waals surface area contributed by atoms with Crippen LogP contribution in [0.5, 0.6) is 5.75 Å². The van der Waals surface area contributed by atoms with Gasteiger partial charge in [-0.05, 0) is 43.2 Å². The molecule has 1 saturated heterocycles. The molecule has 0 radical (unpaired) electrons. The summed E-state index contributed by atoms with van der Waals surface area (Å²) in [5, 5.41) is 4.44. The molecule has 3 aromatic rings. The number of aromatic nitrogens is 2. The molecule has 0 unspecified atom stereocenters. The molecule has 1 aliphatic rings. The molecule has 33 heavy (non-hydrogen) atoms. The summed E-state index contributed by atoms with van der Waals surface area (Å²) in [6, 6.07) is 17.1. The first kappa shape index (κ1) is 22.9. The zero-order valence-corrected chi connectivity index (χ0v) is 19.4. The Morgan fingerprint density at radius 3 is 2.55 bits per heavy atom. The third-order valence-electron chi connectivity index (χ3n) is 5.67. The number of nitrogens with zero attached hydrogens (tertiary/aromatic N) is 4. The van der Waals surface area contributed by atoms with Gasteiger partial charge in [0.2, 0.25) is 5.91 Å². The first-order valence-electron chi connectivity index (χ1n) is 11.1. The molecule has 0 N–H and O–H groups in total. The first-order chi connectivity index (χ1) is 16.0. The van der Waals surface area contributed by atoms with Crippen LogP contribution in [0.3, 0.4) is 0 Å². The third-order valence-corrected chi connectivity index (χ3v) is 6.02. The van der Waals surface area contributed by atoms with Crippen LogP contribution in [0.4, 0.5) is 5.69 Å². The quantitative estimate of drug-likeness (QED) is 0.497. The predicted molar refractivity (Wildman–Crippen MR) is 130 cm³/mol. The van der Waals surface area contributed by atoms with Crippen LogP contribution in [0.2, 0.25) is 5.02 Å². The van der Waals surface area contributed by atoms with Crippen molar-refractivity contribution in [3.63, 3.8) is 0 Å². The van der Waals surface area contributed by atoms with Gasteiger partial charge in [-0.15, -0.1) is 0 Å². The lowest BCUT2D eigenvalue weighted by molar-refractivity contribution is -0.131. The van der Waals surface area contributed by atoms with Gasteiger partial charge in [0.25, 0.3) is 5.56 Å². The molecule has 8 heteroatoms. The Labute approximate surface area is 198 Å². The minimum Gasteiger partial charge on any atom is -0.494 e. The van der Waals surface area contributed by atoms with Crippen molar-refractivity contribution in [1.29, 1.82) is 0 Å². The van der Waals surface area contributed by atoms with Gasteiger partial charge in [-0.2, -0.15) is 9.78 Å². The molecule has 0 saturated carbocycles. The highest BCUT2D eigenvalue weighted by Crippen LogP contribution is 2.23. The van der Waals surface area contributed by atoms with Crippen LogP contribution in [-0.2, 0) is 4.79 Å². The van der Waals surface area contributed by atoms with E-state index in [9.17, 15) is 9.59 Å². The SMILES string of the molecule is Cc1cccc(OCCCC(=O)N2CCN(c3cnn(-c4ccccc4)c(=O)c3Cl)CC2)c1. The van der Waals surface area contributed by atoms with Gasteiger partial charge in [0.1, 0.15) is 10.8 Å². The minimum atomic E-state index is -0.354. The van der Waals surface area contributed by atoms with Crippen molar-refractivity contribution in [2.45, 2.75) is 19.8 Å². The fraction of sp³-hybridized carbons (Fsp3) is 0.320. The monoisotopic (exact) mass is 466 g/mol. The lowest BCUT2D eigenvalue weighted by Crippen LogP contribution is -2.49. The number of carbonyl (C=O) groups excluding carboxylic acids is 1. The van der Waals surface area contributed by atoms with E-state index >= 15 is 0 Å². The van der Waals surface area contributed by atoms with Crippen LogP contribution in [-0.4, -0.2) is 53.4 Å². The van der Waals surface area contributed by atoms with E-state index in [0.717, 1.165) is 11.3 Å². The van der Waals surface area contributed by atoms with E-state index in [-0.39, 0.29) is 16.5 Å². The van der Waals surface area contributed by atoms with Crippen molar-refractivity contribution < 1.29 is 9.53 Å². The van der Waals surface area contributed by atoms with Crippen LogP contribution in [0.25, 0.3) is 5.69 Å². The van der Waals surface area contributed by atoms with E-state index < -0.39 is 0 Å². The Kier molecular flexibility index (Phi) is 7.29. The van der Waals surface area contributed by atoms with Gasteiger partial charge in [0.15, 0.2) is 0 Å². The third kappa shape index (κ3) is 5.54. The molecule has 1 amide bonds. The summed E-state index contributed by atoms with van der Waals surface area (Å²) in [4.78, 5) is 29.2. The second-order valence-electron chi connectivity index (χ2n) is 8.03. The Morgan fingerprint density at radius 1 is 1.06 bits per heavy atom. The van der Waals surface area contributed by atoms with E-state index in [1.807, 2.05) is 59.2 Å². The highest BCUT2D eigenvalue weighted by molar-refractivity contribution is 6.33. The summed E-state index contributed by atoms with van der Waals surface area (Å²) < 4.78 is 7.03. The van der Waals surface area contributed by atoms with Crippen molar-refractivity contribution in [2.75, 3.05) is 37.7 Å². The van der Waals surface area contributed by atoms with E-state index in [1.54, 1.807) is 18.3 Å². The van der Waals surface area contributed by atoms with E-state index in [0.29, 0.717) is 57.0 Å². The van der Waals surface area contributed by atoms with Crippen LogP contribution >= 0.6 is 11.6 Å². The molecule has 0 atom stereocenters. The number of amides is 1. The number of rotatable bonds is 7. The average Bonchev–Trinajstić information content (AvgIpc) is 2.84. The zero-order valence-electron chi connectivity index (χ0n) is 18.6. The molecule has 4 rings (SSSR count). The molecule has 0 spiro atoms. The summed E-state index contributed by atoms with van der Waals surface area (Å²) in [6.45, 7) is 4.89. The summed E-state index contributed by atoms with van der Waals surface area (Å²) in [7, 11) is 0. The number of anilines is 1. The van der Waals surface area contributed by atoms with E-state index in [1.165, 1.54) is 4.68 Å². The molecule has 2 heterocycles. The van der Waals surface area contributed by atoms with Crippen molar-refractivity contribution in [3.05, 3.63) is 81.7 Å². The van der Waals surface area contributed by atoms with Gasteiger partial charge in [0, 0.05) is 32.6 Å². The van der Waals surface area contributed by atoms with Gasteiger partial charge in [0.05, 0.1) is 24.2 Å². The normalized spacial score (nSPS) is 13.8. The maximum absolute atomic E-state index is 12.7. The maximum Gasteiger partial charge on any atom is 0.292 e. The lowest BCUT2D eigenvalue weighted by atomic mass is 10.2. The first-order valence-corrected chi connectivity index (χ1v) is 11.5. The van der Waals surface area contributed by atoms with Crippen molar-refractivity contribution >= 4 is 23.2 Å². The number of benzene rings is 2. The summed E-state index contributed by atoms with van der Waals surface area (Å²) in [5.41, 5.74) is 2.06. The Morgan fingerprint density at radius 2 is 1.82 bits per heavy atom. The summed E-state index contributed by atoms with van der Waals surface area (Å²) in [5.74, 6) is 0.946. The largest absolute Gasteiger partial charge is 0.494 e. The van der Waals surface area contributed by atoms with Gasteiger partial charge in [-0.3, -0.25) is 9.59 Å². The van der Waals surface area contributed by atoms with Gasteiger partial charge in [-0.25, -0.2) is 0 Å². The minimum absolute atomic E-state index is 0.117. The predicted octanol–water partition coefficient (Wildman–Crippen LogP) is 3.70. The van der Waals surface area contributed by atoms with Crippen molar-refractivity contribution in [3.8, 4) is 11.4 Å². The second-order valence-corrected chi connectivity index (χ2v) is 8.41. The molecule has 1 fully saturated rings. The second kappa shape index (κ2) is 10.5. The van der Waals surface area contributed by atoms with Crippen molar-refractivity contribution in [2.24, 2.45) is 0 Å². The number of hydrogen-bond donors (Lipinski definition) is 0. The number of halogens is 1. The standard InChI is InChI=1S/C25H27ClN4O3/c1-19-7-5-10-21(17-19)33-16-6-11-23(31)29-14-12-28(13-15-29)22-18-27-30(25(32)24(22)26)20-8-3-2-4-9-20/h2-5,7-10,17-18H,6,11-16H2,1H3. The van der Waals surface area contributed by atoms with Gasteiger partial charge < -0.3 is 14.5 Å².